The van der Waals surface area contributed by atoms with Crippen molar-refractivity contribution in [3.8, 4) is 5.75 Å². The number of hydrogen-bond acceptors (Lipinski definition) is 5. The number of nitrogens with zero attached hydrogens (tertiary/aromatic N) is 2. The molecule has 0 aliphatic carbocycles. The second-order valence-corrected chi connectivity index (χ2v) is 6.26. The van der Waals surface area contributed by atoms with E-state index in [1.807, 2.05) is 37.3 Å². The zero-order valence-corrected chi connectivity index (χ0v) is 15.1. The Hall–Kier alpha value is -3.19. The molecule has 0 aromatic heterocycles. The summed E-state index contributed by atoms with van der Waals surface area (Å²) in [6, 6.07) is 12.4. The molecule has 3 rings (SSSR count). The third-order valence-electron chi connectivity index (χ3n) is 4.55. The molecule has 1 unspecified atom stereocenters. The predicted molar refractivity (Wildman–Crippen MR) is 100 cm³/mol. The van der Waals surface area contributed by atoms with Gasteiger partial charge in [-0.2, -0.15) is 0 Å². The lowest BCUT2D eigenvalue weighted by Gasteiger charge is -2.24. The third kappa shape index (κ3) is 4.15. The first-order valence-electron chi connectivity index (χ1n) is 8.49. The highest BCUT2D eigenvalue weighted by Gasteiger charge is 2.20. The van der Waals surface area contributed by atoms with Gasteiger partial charge in [-0.05, 0) is 18.6 Å². The molecule has 140 valence electrons. The van der Waals surface area contributed by atoms with Gasteiger partial charge in [0.2, 0.25) is 5.91 Å². The van der Waals surface area contributed by atoms with Gasteiger partial charge in [0.1, 0.15) is 5.75 Å². The number of fused-ring (bicyclic) bond motifs is 1. The molecule has 1 amide bonds. The number of benzene rings is 2. The number of likely N-dealkylation sites (N-methyl/N-ethyl adjacent to an activating group) is 1. The number of rotatable bonds is 5. The van der Waals surface area contributed by atoms with Gasteiger partial charge in [0.15, 0.2) is 6.79 Å². The minimum absolute atomic E-state index is 0.0686. The van der Waals surface area contributed by atoms with E-state index < -0.39 is 4.92 Å². The van der Waals surface area contributed by atoms with E-state index in [1.54, 1.807) is 18.0 Å². The number of ether oxygens (including phenoxy) is 2. The Morgan fingerprint density at radius 1 is 1.30 bits per heavy atom. The van der Waals surface area contributed by atoms with E-state index in [-0.39, 0.29) is 31.0 Å². The Bertz CT molecular complexity index is 879. The Morgan fingerprint density at radius 2 is 2.04 bits per heavy atom. The van der Waals surface area contributed by atoms with Crippen LogP contribution in [0.4, 0.5) is 5.69 Å². The number of nitro benzene ring substituents is 1. The van der Waals surface area contributed by atoms with Crippen molar-refractivity contribution in [3.05, 3.63) is 75.3 Å². The fourth-order valence-electron chi connectivity index (χ4n) is 2.89. The van der Waals surface area contributed by atoms with E-state index in [0.717, 1.165) is 5.56 Å². The van der Waals surface area contributed by atoms with Crippen LogP contribution in [-0.2, 0) is 16.1 Å². The van der Waals surface area contributed by atoms with Crippen molar-refractivity contribution in [3.63, 3.8) is 0 Å². The highest BCUT2D eigenvalue weighted by molar-refractivity contribution is 5.92. The molecule has 0 radical (unpaired) electrons. The summed E-state index contributed by atoms with van der Waals surface area (Å²) in [7, 11) is 1.72. The molecule has 1 aliphatic heterocycles. The van der Waals surface area contributed by atoms with Crippen LogP contribution >= 0.6 is 0 Å². The molecule has 0 fully saturated rings. The van der Waals surface area contributed by atoms with Crippen LogP contribution in [0.5, 0.6) is 5.75 Å². The van der Waals surface area contributed by atoms with E-state index in [2.05, 4.69) is 0 Å². The van der Waals surface area contributed by atoms with E-state index in [9.17, 15) is 14.9 Å². The number of carbonyl (C=O) groups is 1. The summed E-state index contributed by atoms with van der Waals surface area (Å²) in [4.78, 5) is 24.9. The van der Waals surface area contributed by atoms with Crippen molar-refractivity contribution in [1.29, 1.82) is 0 Å². The summed E-state index contributed by atoms with van der Waals surface area (Å²) in [5, 5.41) is 11.2. The average molecular weight is 368 g/mol. The summed E-state index contributed by atoms with van der Waals surface area (Å²) >= 11 is 0. The zero-order chi connectivity index (χ0) is 19.4. The monoisotopic (exact) mass is 368 g/mol. The topological polar surface area (TPSA) is 81.9 Å². The lowest BCUT2D eigenvalue weighted by molar-refractivity contribution is -0.385. The molecule has 2 aromatic rings. The molecule has 27 heavy (non-hydrogen) atoms. The van der Waals surface area contributed by atoms with Gasteiger partial charge in [-0.1, -0.05) is 30.3 Å². The first-order chi connectivity index (χ1) is 13.0. The zero-order valence-electron chi connectivity index (χ0n) is 15.1. The Kier molecular flexibility index (Phi) is 5.52. The molecule has 1 aliphatic rings. The first kappa shape index (κ1) is 18.6. The first-order valence-corrected chi connectivity index (χ1v) is 8.49. The SMILES string of the molecule is CC(c1ccccc1)N(C)C(=O)C=Cc1cc([N+](=O)[O-])cc2c1OCOC2. The van der Waals surface area contributed by atoms with Gasteiger partial charge in [0.05, 0.1) is 17.6 Å². The number of non-ortho nitro benzene ring substituents is 1. The molecular weight excluding hydrogens is 348 g/mol. The van der Waals surface area contributed by atoms with Gasteiger partial charge in [-0.15, -0.1) is 0 Å². The van der Waals surface area contributed by atoms with Crippen molar-refractivity contribution in [2.75, 3.05) is 13.8 Å². The smallest absolute Gasteiger partial charge is 0.270 e. The molecule has 1 atom stereocenters. The maximum atomic E-state index is 12.6. The highest BCUT2D eigenvalue weighted by Crippen LogP contribution is 2.33. The summed E-state index contributed by atoms with van der Waals surface area (Å²) in [6.07, 6.45) is 2.95. The van der Waals surface area contributed by atoms with Crippen LogP contribution in [0.15, 0.2) is 48.5 Å². The minimum atomic E-state index is -0.475. The van der Waals surface area contributed by atoms with Gasteiger partial charge in [0, 0.05) is 36.4 Å². The maximum Gasteiger partial charge on any atom is 0.270 e. The largest absolute Gasteiger partial charge is 0.467 e. The van der Waals surface area contributed by atoms with E-state index in [1.165, 1.54) is 18.2 Å². The van der Waals surface area contributed by atoms with Crippen LogP contribution in [-0.4, -0.2) is 29.6 Å². The van der Waals surface area contributed by atoms with Crippen molar-refractivity contribution in [2.45, 2.75) is 19.6 Å². The molecule has 0 saturated carbocycles. The fraction of sp³-hybridized carbons (Fsp3) is 0.250. The molecule has 0 saturated heterocycles. The lowest BCUT2D eigenvalue weighted by atomic mass is 10.1. The van der Waals surface area contributed by atoms with Gasteiger partial charge in [0.25, 0.3) is 5.69 Å². The van der Waals surface area contributed by atoms with Crippen LogP contribution in [0.1, 0.15) is 29.7 Å². The van der Waals surface area contributed by atoms with Crippen molar-refractivity contribution >= 4 is 17.7 Å². The van der Waals surface area contributed by atoms with Gasteiger partial charge >= 0.3 is 0 Å². The second kappa shape index (κ2) is 8.01. The van der Waals surface area contributed by atoms with Crippen molar-refractivity contribution < 1.29 is 19.2 Å². The number of hydrogen-bond donors (Lipinski definition) is 0. The summed E-state index contributed by atoms with van der Waals surface area (Å²) in [6.45, 7) is 2.25. The highest BCUT2D eigenvalue weighted by atomic mass is 16.7. The Morgan fingerprint density at radius 3 is 2.74 bits per heavy atom. The van der Waals surface area contributed by atoms with Gasteiger partial charge in [-0.3, -0.25) is 14.9 Å². The summed E-state index contributed by atoms with van der Waals surface area (Å²) in [5.41, 5.74) is 2.03. The number of nitro groups is 1. The Balaban J connectivity index is 1.83. The van der Waals surface area contributed by atoms with E-state index >= 15 is 0 Å². The molecule has 0 spiro atoms. The normalized spacial score (nSPS) is 14.3. The van der Waals surface area contributed by atoms with Crippen LogP contribution < -0.4 is 4.74 Å². The molecule has 7 heteroatoms. The van der Waals surface area contributed by atoms with Crippen LogP contribution in [0.3, 0.4) is 0 Å². The molecule has 0 bridgehead atoms. The molecule has 1 heterocycles. The average Bonchev–Trinajstić information content (AvgIpc) is 2.70. The summed E-state index contributed by atoms with van der Waals surface area (Å²) in [5.74, 6) is 0.299. The second-order valence-electron chi connectivity index (χ2n) is 6.26. The molecular formula is C20H20N2O5. The van der Waals surface area contributed by atoms with E-state index in [4.69, 9.17) is 9.47 Å². The quantitative estimate of drug-likeness (QED) is 0.457. The van der Waals surface area contributed by atoms with Gasteiger partial charge in [-0.25, -0.2) is 0 Å². The number of amides is 1. The molecule has 7 nitrogen and oxygen atoms in total. The summed E-state index contributed by atoms with van der Waals surface area (Å²) < 4.78 is 10.7. The van der Waals surface area contributed by atoms with Crippen molar-refractivity contribution in [1.82, 2.24) is 4.90 Å². The van der Waals surface area contributed by atoms with Gasteiger partial charge < -0.3 is 14.4 Å². The van der Waals surface area contributed by atoms with Crippen LogP contribution in [0.25, 0.3) is 6.08 Å². The van der Waals surface area contributed by atoms with Crippen LogP contribution in [0, 0.1) is 10.1 Å². The minimum Gasteiger partial charge on any atom is -0.467 e. The van der Waals surface area contributed by atoms with Crippen LogP contribution in [0.2, 0.25) is 0 Å². The standard InChI is InChI=1S/C20H20N2O5/c1-14(15-6-4-3-5-7-15)21(2)19(23)9-8-16-10-18(22(24)25)11-17-12-26-13-27-20(16)17/h3-11,14H,12-13H2,1-2H3. The molecule has 2 aromatic carbocycles. The fourth-order valence-corrected chi connectivity index (χ4v) is 2.89. The Labute approximate surface area is 157 Å². The predicted octanol–water partition coefficient (Wildman–Crippen LogP) is 3.69. The van der Waals surface area contributed by atoms with E-state index in [0.29, 0.717) is 16.9 Å². The molecule has 0 N–H and O–H groups in total. The third-order valence-corrected chi connectivity index (χ3v) is 4.55. The number of carbonyl (C=O) groups excluding carboxylic acids is 1. The van der Waals surface area contributed by atoms with Crippen molar-refractivity contribution in [2.24, 2.45) is 0 Å². The maximum absolute atomic E-state index is 12.6. The lowest BCUT2D eigenvalue weighted by Crippen LogP contribution is -2.27.